The Labute approximate surface area is 118 Å². The summed E-state index contributed by atoms with van der Waals surface area (Å²) in [6.07, 6.45) is 2.47. The van der Waals surface area contributed by atoms with Crippen molar-refractivity contribution in [3.8, 4) is 5.69 Å². The number of nitrogens with one attached hydrogen (secondary N) is 1. The summed E-state index contributed by atoms with van der Waals surface area (Å²) in [4.78, 5) is 0. The summed E-state index contributed by atoms with van der Waals surface area (Å²) in [5, 5.41) is 7.91. The number of nitrogens with zero attached hydrogens (tertiary/aromatic N) is 2. The van der Waals surface area contributed by atoms with Crippen molar-refractivity contribution >= 4 is 0 Å². The molecule has 0 amide bonds. The van der Waals surface area contributed by atoms with Gasteiger partial charge in [-0.1, -0.05) is 0 Å². The van der Waals surface area contributed by atoms with Crippen molar-refractivity contribution in [1.29, 1.82) is 0 Å². The Morgan fingerprint density at radius 1 is 1.25 bits per heavy atom. The van der Waals surface area contributed by atoms with E-state index in [9.17, 15) is 4.39 Å². The molecular formula is C16H20FN3. The van der Waals surface area contributed by atoms with Crippen LogP contribution >= 0.6 is 0 Å². The van der Waals surface area contributed by atoms with Gasteiger partial charge in [0.2, 0.25) is 0 Å². The molecule has 3 rings (SSSR count). The van der Waals surface area contributed by atoms with Gasteiger partial charge in [0.05, 0.1) is 11.4 Å². The summed E-state index contributed by atoms with van der Waals surface area (Å²) in [5.41, 5.74) is 4.98. The Balaban J connectivity index is 1.93. The van der Waals surface area contributed by atoms with Crippen LogP contribution in [-0.4, -0.2) is 15.8 Å². The fourth-order valence-corrected chi connectivity index (χ4v) is 2.38. The van der Waals surface area contributed by atoms with Gasteiger partial charge in [0.15, 0.2) is 0 Å². The monoisotopic (exact) mass is 273 g/mol. The predicted octanol–water partition coefficient (Wildman–Crippen LogP) is 3.19. The van der Waals surface area contributed by atoms with Crippen LogP contribution in [0.25, 0.3) is 5.69 Å². The summed E-state index contributed by atoms with van der Waals surface area (Å²) >= 11 is 0. The first-order valence-corrected chi connectivity index (χ1v) is 7.10. The fourth-order valence-electron chi connectivity index (χ4n) is 2.38. The second-order valence-corrected chi connectivity index (χ2v) is 5.68. The van der Waals surface area contributed by atoms with Gasteiger partial charge in [0, 0.05) is 18.3 Å². The lowest BCUT2D eigenvalue weighted by Gasteiger charge is -2.09. The summed E-state index contributed by atoms with van der Waals surface area (Å²) < 4.78 is 15.7. The van der Waals surface area contributed by atoms with Crippen molar-refractivity contribution in [2.45, 2.75) is 46.2 Å². The smallest absolute Gasteiger partial charge is 0.125 e. The van der Waals surface area contributed by atoms with Crippen molar-refractivity contribution in [3.05, 3.63) is 46.5 Å². The summed E-state index contributed by atoms with van der Waals surface area (Å²) in [6, 6.07) is 5.77. The van der Waals surface area contributed by atoms with Crippen LogP contribution in [0, 0.1) is 26.6 Å². The highest BCUT2D eigenvalue weighted by molar-refractivity contribution is 5.39. The first-order chi connectivity index (χ1) is 9.54. The third kappa shape index (κ3) is 2.61. The second kappa shape index (κ2) is 5.02. The average Bonchev–Trinajstić information content (AvgIpc) is 3.20. The van der Waals surface area contributed by atoms with Crippen molar-refractivity contribution in [2.75, 3.05) is 0 Å². The summed E-state index contributed by atoms with van der Waals surface area (Å²) in [7, 11) is 0. The zero-order valence-corrected chi connectivity index (χ0v) is 12.2. The van der Waals surface area contributed by atoms with Crippen LogP contribution < -0.4 is 5.32 Å². The van der Waals surface area contributed by atoms with Gasteiger partial charge in [-0.15, -0.1) is 0 Å². The van der Waals surface area contributed by atoms with E-state index in [1.807, 2.05) is 31.5 Å². The van der Waals surface area contributed by atoms with Gasteiger partial charge in [-0.25, -0.2) is 9.07 Å². The number of hydrogen-bond donors (Lipinski definition) is 1. The molecule has 1 aliphatic rings. The van der Waals surface area contributed by atoms with Gasteiger partial charge in [-0.3, -0.25) is 0 Å². The molecule has 2 aromatic rings. The number of benzene rings is 1. The molecule has 106 valence electrons. The van der Waals surface area contributed by atoms with E-state index in [-0.39, 0.29) is 5.82 Å². The molecule has 0 saturated heterocycles. The van der Waals surface area contributed by atoms with E-state index in [2.05, 4.69) is 10.4 Å². The minimum atomic E-state index is -0.208. The molecule has 1 aromatic carbocycles. The molecule has 1 aromatic heterocycles. The van der Waals surface area contributed by atoms with E-state index in [4.69, 9.17) is 0 Å². The van der Waals surface area contributed by atoms with Crippen molar-refractivity contribution in [2.24, 2.45) is 0 Å². The number of aryl methyl sites for hydroxylation is 1. The molecule has 20 heavy (non-hydrogen) atoms. The quantitative estimate of drug-likeness (QED) is 0.927. The van der Waals surface area contributed by atoms with E-state index in [0.29, 0.717) is 12.6 Å². The van der Waals surface area contributed by atoms with E-state index in [0.717, 1.165) is 28.2 Å². The van der Waals surface area contributed by atoms with Gasteiger partial charge in [0.1, 0.15) is 5.82 Å². The third-order valence-corrected chi connectivity index (χ3v) is 4.01. The Kier molecular flexibility index (Phi) is 3.34. The lowest BCUT2D eigenvalue weighted by Crippen LogP contribution is -2.15. The lowest BCUT2D eigenvalue weighted by atomic mass is 10.2. The van der Waals surface area contributed by atoms with Crippen LogP contribution in [0.3, 0.4) is 0 Å². The Bertz CT molecular complexity index is 641. The van der Waals surface area contributed by atoms with E-state index < -0.39 is 0 Å². The maximum atomic E-state index is 13.8. The average molecular weight is 273 g/mol. The Morgan fingerprint density at radius 2 is 2.00 bits per heavy atom. The minimum absolute atomic E-state index is 0.208. The highest BCUT2D eigenvalue weighted by Gasteiger charge is 2.20. The zero-order valence-electron chi connectivity index (χ0n) is 12.2. The van der Waals surface area contributed by atoms with Gasteiger partial charge < -0.3 is 5.32 Å². The Morgan fingerprint density at radius 3 is 2.60 bits per heavy atom. The van der Waals surface area contributed by atoms with E-state index in [1.165, 1.54) is 12.8 Å². The van der Waals surface area contributed by atoms with Gasteiger partial charge in [0.25, 0.3) is 0 Å². The number of halogens is 1. The molecule has 0 radical (unpaired) electrons. The van der Waals surface area contributed by atoms with Crippen LogP contribution in [-0.2, 0) is 6.54 Å². The molecule has 1 saturated carbocycles. The highest BCUT2D eigenvalue weighted by atomic mass is 19.1. The molecule has 1 heterocycles. The summed E-state index contributed by atoms with van der Waals surface area (Å²) in [6.45, 7) is 6.76. The first-order valence-electron chi connectivity index (χ1n) is 7.10. The molecule has 1 fully saturated rings. The van der Waals surface area contributed by atoms with Gasteiger partial charge in [-0.2, -0.15) is 5.10 Å². The molecule has 0 aliphatic heterocycles. The molecule has 3 nitrogen and oxygen atoms in total. The van der Waals surface area contributed by atoms with Crippen LogP contribution in [0.15, 0.2) is 18.2 Å². The van der Waals surface area contributed by atoms with Crippen LogP contribution in [0.2, 0.25) is 0 Å². The third-order valence-electron chi connectivity index (χ3n) is 4.01. The van der Waals surface area contributed by atoms with Crippen molar-refractivity contribution < 1.29 is 4.39 Å². The van der Waals surface area contributed by atoms with Crippen LogP contribution in [0.4, 0.5) is 4.39 Å². The molecule has 0 atom stereocenters. The normalized spacial score (nSPS) is 14.8. The van der Waals surface area contributed by atoms with Crippen LogP contribution in [0.1, 0.15) is 35.4 Å². The summed E-state index contributed by atoms with van der Waals surface area (Å²) in [5.74, 6) is -0.208. The SMILES string of the molecule is Cc1nn(-c2cc(F)cc(CNC3CC3)c2)c(C)c1C. The molecular weight excluding hydrogens is 253 g/mol. The molecule has 1 aliphatic carbocycles. The topological polar surface area (TPSA) is 29.9 Å². The van der Waals surface area contributed by atoms with Crippen LogP contribution in [0.5, 0.6) is 0 Å². The zero-order chi connectivity index (χ0) is 14.3. The van der Waals surface area contributed by atoms with Crippen molar-refractivity contribution in [1.82, 2.24) is 15.1 Å². The minimum Gasteiger partial charge on any atom is -0.310 e. The Hall–Kier alpha value is -1.68. The first kappa shape index (κ1) is 13.3. The molecule has 1 N–H and O–H groups in total. The van der Waals surface area contributed by atoms with Gasteiger partial charge >= 0.3 is 0 Å². The molecule has 0 spiro atoms. The molecule has 4 heteroatoms. The number of hydrogen-bond acceptors (Lipinski definition) is 2. The van der Waals surface area contributed by atoms with E-state index in [1.54, 1.807) is 12.1 Å². The largest absolute Gasteiger partial charge is 0.310 e. The number of rotatable bonds is 4. The van der Waals surface area contributed by atoms with Gasteiger partial charge in [-0.05, 0) is 62.9 Å². The fraction of sp³-hybridized carbons (Fsp3) is 0.438. The maximum absolute atomic E-state index is 13.8. The molecule has 0 unspecified atom stereocenters. The second-order valence-electron chi connectivity index (χ2n) is 5.68. The van der Waals surface area contributed by atoms with E-state index >= 15 is 0 Å². The van der Waals surface area contributed by atoms with Crippen molar-refractivity contribution in [3.63, 3.8) is 0 Å². The lowest BCUT2D eigenvalue weighted by molar-refractivity contribution is 0.616. The standard InChI is InChI=1S/C16H20FN3/c1-10-11(2)19-20(12(10)3)16-7-13(6-14(17)8-16)9-18-15-4-5-15/h6-8,15,18H,4-5,9H2,1-3H3. The predicted molar refractivity (Wildman–Crippen MR) is 77.6 cm³/mol. The molecule has 0 bridgehead atoms. The highest BCUT2D eigenvalue weighted by Crippen LogP contribution is 2.21. The number of aromatic nitrogens is 2. The maximum Gasteiger partial charge on any atom is 0.125 e.